The summed E-state index contributed by atoms with van der Waals surface area (Å²) < 4.78 is 0. The molecule has 0 amide bonds. The fourth-order valence-electron chi connectivity index (χ4n) is 1.03. The molecular weight excluding hydrogens is 108 g/mol. The van der Waals surface area contributed by atoms with Crippen molar-refractivity contribution in [2.75, 3.05) is 0 Å². The van der Waals surface area contributed by atoms with Crippen molar-refractivity contribution in [3.63, 3.8) is 0 Å². The molecule has 9 heavy (non-hydrogen) atoms. The Kier molecular flexibility index (Phi) is 1.42. The van der Waals surface area contributed by atoms with E-state index in [1.54, 1.807) is 5.92 Å². The lowest BCUT2D eigenvalue weighted by molar-refractivity contribution is 0.671. The first-order valence-corrected chi connectivity index (χ1v) is 3.53. The Hall–Kier alpha value is -0.260. The molecule has 0 saturated heterocycles. The topological polar surface area (TPSA) is 0 Å². The monoisotopic (exact) mass is 123 g/mol. The molecule has 0 spiro atoms. The number of allylic oxidation sites excluding steroid dienone is 2. The van der Waals surface area contributed by atoms with Gasteiger partial charge in [-0.3, -0.25) is 0 Å². The quantitative estimate of drug-likeness (QED) is 0.503. The normalized spacial score (nSPS) is 23.6. The van der Waals surface area contributed by atoms with Crippen LogP contribution in [0.1, 0.15) is 34.1 Å². The predicted octanol–water partition coefficient (Wildman–Crippen LogP) is 2.96. The van der Waals surface area contributed by atoms with Crippen LogP contribution in [0, 0.1) is 11.3 Å². The summed E-state index contributed by atoms with van der Waals surface area (Å²) in [6, 6.07) is 0. The van der Waals surface area contributed by atoms with E-state index >= 15 is 0 Å². The van der Waals surface area contributed by atoms with E-state index in [0.717, 1.165) is 0 Å². The minimum absolute atomic E-state index is 0.539. The molecule has 1 fully saturated rings. The van der Waals surface area contributed by atoms with Gasteiger partial charge in [0, 0.05) is 5.92 Å². The van der Waals surface area contributed by atoms with E-state index in [1.165, 1.54) is 12.0 Å². The molecule has 0 heteroatoms. The van der Waals surface area contributed by atoms with Gasteiger partial charge in [0.05, 0.1) is 0 Å². The summed E-state index contributed by atoms with van der Waals surface area (Å²) in [5.41, 5.74) is 1.97. The summed E-state index contributed by atoms with van der Waals surface area (Å²) in [4.78, 5) is 0. The maximum atomic E-state index is 2.31. The first kappa shape index (κ1) is 6.85. The zero-order chi connectivity index (χ0) is 7.07. The summed E-state index contributed by atoms with van der Waals surface area (Å²) in [6.07, 6.45) is 3.61. The highest BCUT2D eigenvalue weighted by Crippen LogP contribution is 2.54. The third kappa shape index (κ3) is 1.57. The molecule has 51 valence electrons. The molecule has 0 aromatic rings. The molecule has 1 aliphatic carbocycles. The number of hydrogen-bond donors (Lipinski definition) is 0. The standard InChI is InChI=1S/C9H15/c1-7(2)5-8-6-9(8,3)4/h5H,6H2,1-4H3. The minimum Gasteiger partial charge on any atom is -0.0798 e. The van der Waals surface area contributed by atoms with E-state index in [1.807, 2.05) is 0 Å². The summed E-state index contributed by atoms with van der Waals surface area (Å²) in [5, 5.41) is 0. The lowest BCUT2D eigenvalue weighted by atomic mass is 10.1. The first-order valence-electron chi connectivity index (χ1n) is 3.53. The van der Waals surface area contributed by atoms with Crippen molar-refractivity contribution in [3.05, 3.63) is 17.6 Å². The molecule has 1 rings (SSSR count). The third-order valence-electron chi connectivity index (χ3n) is 1.84. The molecule has 0 aromatic carbocycles. The van der Waals surface area contributed by atoms with Gasteiger partial charge in [0.15, 0.2) is 0 Å². The SMILES string of the molecule is CC(C)=C[C]1CC1(C)C. The van der Waals surface area contributed by atoms with Crippen molar-refractivity contribution < 1.29 is 0 Å². The second-order valence-electron chi connectivity index (χ2n) is 3.81. The molecule has 0 unspecified atom stereocenters. The summed E-state index contributed by atoms with van der Waals surface area (Å²) in [5.74, 6) is 1.61. The average molecular weight is 123 g/mol. The van der Waals surface area contributed by atoms with E-state index in [0.29, 0.717) is 5.41 Å². The second kappa shape index (κ2) is 1.86. The Bertz CT molecular complexity index is 136. The van der Waals surface area contributed by atoms with Crippen LogP contribution in [0.3, 0.4) is 0 Å². The van der Waals surface area contributed by atoms with Crippen molar-refractivity contribution in [3.8, 4) is 0 Å². The molecular formula is C9H15. The van der Waals surface area contributed by atoms with Gasteiger partial charge in [0.25, 0.3) is 0 Å². The molecule has 0 bridgehead atoms. The smallest absolute Gasteiger partial charge is 0.00374 e. The van der Waals surface area contributed by atoms with E-state index in [2.05, 4.69) is 33.8 Å². The van der Waals surface area contributed by atoms with Crippen molar-refractivity contribution >= 4 is 0 Å². The van der Waals surface area contributed by atoms with Crippen LogP contribution < -0.4 is 0 Å². The van der Waals surface area contributed by atoms with Gasteiger partial charge >= 0.3 is 0 Å². The van der Waals surface area contributed by atoms with Crippen LogP contribution in [-0.2, 0) is 0 Å². The van der Waals surface area contributed by atoms with Gasteiger partial charge in [-0.25, -0.2) is 0 Å². The van der Waals surface area contributed by atoms with Gasteiger partial charge in [-0.2, -0.15) is 0 Å². The highest BCUT2D eigenvalue weighted by molar-refractivity contribution is 5.33. The molecule has 1 saturated carbocycles. The van der Waals surface area contributed by atoms with Crippen LogP contribution in [0.25, 0.3) is 0 Å². The molecule has 1 radical (unpaired) electrons. The molecule has 0 nitrogen and oxygen atoms in total. The van der Waals surface area contributed by atoms with Crippen LogP contribution in [0.2, 0.25) is 0 Å². The van der Waals surface area contributed by atoms with Gasteiger partial charge in [0.1, 0.15) is 0 Å². The maximum Gasteiger partial charge on any atom is 0.00374 e. The number of rotatable bonds is 1. The predicted molar refractivity (Wildman–Crippen MR) is 41.1 cm³/mol. The maximum absolute atomic E-state index is 2.31. The fraction of sp³-hybridized carbons (Fsp3) is 0.667. The fourth-order valence-corrected chi connectivity index (χ4v) is 1.03. The molecule has 0 aromatic heterocycles. The molecule has 0 atom stereocenters. The molecule has 0 heterocycles. The highest BCUT2D eigenvalue weighted by atomic mass is 14.5. The van der Waals surface area contributed by atoms with Gasteiger partial charge in [-0.15, -0.1) is 0 Å². The zero-order valence-corrected chi connectivity index (χ0v) is 6.78. The summed E-state index contributed by atoms with van der Waals surface area (Å²) in [6.45, 7) is 8.90. The Balaban J connectivity index is 2.45. The zero-order valence-electron chi connectivity index (χ0n) is 6.78. The van der Waals surface area contributed by atoms with Crippen LogP contribution in [0.4, 0.5) is 0 Å². The van der Waals surface area contributed by atoms with Crippen LogP contribution >= 0.6 is 0 Å². The summed E-state index contributed by atoms with van der Waals surface area (Å²) in [7, 11) is 0. The van der Waals surface area contributed by atoms with Gasteiger partial charge in [-0.05, 0) is 25.7 Å². The lowest BCUT2D eigenvalue weighted by Crippen LogP contribution is -1.84. The Labute approximate surface area is 58.0 Å². The lowest BCUT2D eigenvalue weighted by Gasteiger charge is -1.95. The van der Waals surface area contributed by atoms with Gasteiger partial charge in [0.2, 0.25) is 0 Å². The van der Waals surface area contributed by atoms with E-state index in [9.17, 15) is 0 Å². The summed E-state index contributed by atoms with van der Waals surface area (Å²) >= 11 is 0. The Morgan fingerprint density at radius 3 is 2.00 bits per heavy atom. The highest BCUT2D eigenvalue weighted by Gasteiger charge is 2.44. The first-order chi connectivity index (χ1) is 4.02. The van der Waals surface area contributed by atoms with Gasteiger partial charge < -0.3 is 0 Å². The van der Waals surface area contributed by atoms with Crippen molar-refractivity contribution in [1.29, 1.82) is 0 Å². The minimum atomic E-state index is 0.539. The molecule has 0 N–H and O–H groups in total. The van der Waals surface area contributed by atoms with Crippen LogP contribution in [0.15, 0.2) is 11.6 Å². The van der Waals surface area contributed by atoms with Gasteiger partial charge in [-0.1, -0.05) is 25.5 Å². The van der Waals surface area contributed by atoms with Crippen molar-refractivity contribution in [2.45, 2.75) is 34.1 Å². The average Bonchev–Trinajstić information content (AvgIpc) is 2.10. The van der Waals surface area contributed by atoms with E-state index < -0.39 is 0 Å². The van der Waals surface area contributed by atoms with Crippen molar-refractivity contribution in [1.82, 2.24) is 0 Å². The Morgan fingerprint density at radius 1 is 1.44 bits per heavy atom. The molecule has 0 aliphatic heterocycles. The van der Waals surface area contributed by atoms with Crippen LogP contribution in [-0.4, -0.2) is 0 Å². The van der Waals surface area contributed by atoms with E-state index in [-0.39, 0.29) is 0 Å². The van der Waals surface area contributed by atoms with E-state index in [4.69, 9.17) is 0 Å². The number of hydrogen-bond acceptors (Lipinski definition) is 0. The van der Waals surface area contributed by atoms with Crippen molar-refractivity contribution in [2.24, 2.45) is 5.41 Å². The Morgan fingerprint density at radius 2 is 1.89 bits per heavy atom. The van der Waals surface area contributed by atoms with Crippen LogP contribution in [0.5, 0.6) is 0 Å². The molecule has 1 aliphatic rings. The largest absolute Gasteiger partial charge is 0.0798 e. The third-order valence-corrected chi connectivity index (χ3v) is 1.84. The second-order valence-corrected chi connectivity index (χ2v) is 3.81.